The van der Waals surface area contributed by atoms with Crippen LogP contribution in [0.4, 0.5) is 5.82 Å². The molecule has 0 atom stereocenters. The van der Waals surface area contributed by atoms with E-state index in [1.807, 2.05) is 24.6 Å². The van der Waals surface area contributed by atoms with E-state index in [1.165, 1.54) is 0 Å². The first-order chi connectivity index (χ1) is 11.3. The molecule has 23 heavy (non-hydrogen) atoms. The Hall–Kier alpha value is -1.86. The number of methoxy groups -OCH3 is 1. The van der Waals surface area contributed by atoms with Crippen molar-refractivity contribution < 1.29 is 4.74 Å². The van der Waals surface area contributed by atoms with E-state index in [0.717, 1.165) is 55.1 Å². The van der Waals surface area contributed by atoms with Crippen molar-refractivity contribution in [3.8, 4) is 5.88 Å². The number of piperazine rings is 1. The van der Waals surface area contributed by atoms with Gasteiger partial charge in [-0.2, -0.15) is 0 Å². The molecule has 0 unspecified atom stereocenters. The quantitative estimate of drug-likeness (QED) is 0.613. The van der Waals surface area contributed by atoms with Crippen molar-refractivity contribution >= 4 is 17.6 Å². The second kappa shape index (κ2) is 7.61. The third kappa shape index (κ3) is 3.92. The number of anilines is 1. The Morgan fingerprint density at radius 3 is 2.70 bits per heavy atom. The minimum atomic E-state index is 0.718. The predicted octanol–water partition coefficient (Wildman–Crippen LogP) is 1.92. The van der Waals surface area contributed by atoms with Crippen molar-refractivity contribution in [2.45, 2.75) is 11.7 Å². The fourth-order valence-corrected chi connectivity index (χ4v) is 3.06. The summed E-state index contributed by atoms with van der Waals surface area (Å²) in [6.07, 6.45) is 5.60. The van der Waals surface area contributed by atoms with Crippen molar-refractivity contribution in [2.24, 2.45) is 0 Å². The number of hydrogen-bond acceptors (Lipinski definition) is 7. The zero-order chi connectivity index (χ0) is 16.1. The van der Waals surface area contributed by atoms with Crippen LogP contribution in [0.25, 0.3) is 0 Å². The molecular formula is C16H21N5OS. The second-order valence-corrected chi connectivity index (χ2v) is 6.11. The summed E-state index contributed by atoms with van der Waals surface area (Å²) in [7, 11) is 1.67. The van der Waals surface area contributed by atoms with Gasteiger partial charge in [0.25, 0.3) is 0 Å². The van der Waals surface area contributed by atoms with Gasteiger partial charge in [-0.25, -0.2) is 15.0 Å². The normalized spacial score (nSPS) is 15.7. The SMILES string of the molecule is COc1ncccc1CN1CCN(c2ccnc(SC)n2)CC1. The van der Waals surface area contributed by atoms with Crippen LogP contribution in [-0.4, -0.2) is 59.4 Å². The van der Waals surface area contributed by atoms with E-state index in [4.69, 9.17) is 4.74 Å². The highest BCUT2D eigenvalue weighted by Crippen LogP contribution is 2.20. The lowest BCUT2D eigenvalue weighted by Gasteiger charge is -2.35. The molecule has 0 aromatic carbocycles. The van der Waals surface area contributed by atoms with Crippen LogP contribution in [0.15, 0.2) is 35.7 Å². The third-order valence-electron chi connectivity index (χ3n) is 3.93. The van der Waals surface area contributed by atoms with Crippen molar-refractivity contribution in [3.05, 3.63) is 36.2 Å². The highest BCUT2D eigenvalue weighted by Gasteiger charge is 2.19. The molecule has 1 saturated heterocycles. The molecule has 0 bridgehead atoms. The number of aromatic nitrogens is 3. The van der Waals surface area contributed by atoms with Gasteiger partial charge in [0.1, 0.15) is 5.82 Å². The van der Waals surface area contributed by atoms with Crippen LogP contribution < -0.4 is 9.64 Å². The summed E-state index contributed by atoms with van der Waals surface area (Å²) in [6, 6.07) is 6.02. The fourth-order valence-electron chi connectivity index (χ4n) is 2.71. The maximum absolute atomic E-state index is 5.34. The van der Waals surface area contributed by atoms with Gasteiger partial charge in [0, 0.05) is 50.7 Å². The number of rotatable bonds is 5. The van der Waals surface area contributed by atoms with E-state index in [2.05, 4.69) is 30.8 Å². The van der Waals surface area contributed by atoms with E-state index < -0.39 is 0 Å². The largest absolute Gasteiger partial charge is 0.481 e. The van der Waals surface area contributed by atoms with Gasteiger partial charge >= 0.3 is 0 Å². The second-order valence-electron chi connectivity index (χ2n) is 5.34. The van der Waals surface area contributed by atoms with Gasteiger partial charge in [-0.1, -0.05) is 17.8 Å². The smallest absolute Gasteiger partial charge is 0.217 e. The Kier molecular flexibility index (Phi) is 5.30. The molecule has 1 aliphatic heterocycles. The molecule has 1 aliphatic rings. The van der Waals surface area contributed by atoms with Gasteiger partial charge in [0.05, 0.1) is 7.11 Å². The minimum Gasteiger partial charge on any atom is -0.481 e. The van der Waals surface area contributed by atoms with Gasteiger partial charge in [-0.05, 0) is 18.4 Å². The highest BCUT2D eigenvalue weighted by atomic mass is 32.2. The Balaban J connectivity index is 1.60. The molecule has 0 N–H and O–H groups in total. The first-order valence-electron chi connectivity index (χ1n) is 7.62. The molecule has 2 aromatic rings. The number of hydrogen-bond donors (Lipinski definition) is 0. The van der Waals surface area contributed by atoms with Crippen molar-refractivity contribution in [2.75, 3.05) is 44.4 Å². The first-order valence-corrected chi connectivity index (χ1v) is 8.85. The van der Waals surface area contributed by atoms with E-state index >= 15 is 0 Å². The summed E-state index contributed by atoms with van der Waals surface area (Å²) in [4.78, 5) is 17.8. The van der Waals surface area contributed by atoms with E-state index in [9.17, 15) is 0 Å². The molecule has 122 valence electrons. The van der Waals surface area contributed by atoms with E-state index in [0.29, 0.717) is 0 Å². The molecule has 1 fully saturated rings. The molecule has 0 radical (unpaired) electrons. The molecule has 0 saturated carbocycles. The van der Waals surface area contributed by atoms with Crippen molar-refractivity contribution in [1.29, 1.82) is 0 Å². The molecule has 6 nitrogen and oxygen atoms in total. The molecule has 3 rings (SSSR count). The van der Waals surface area contributed by atoms with Crippen LogP contribution in [0.3, 0.4) is 0 Å². The van der Waals surface area contributed by atoms with Crippen LogP contribution >= 0.6 is 11.8 Å². The van der Waals surface area contributed by atoms with Crippen molar-refractivity contribution in [1.82, 2.24) is 19.9 Å². The molecule has 0 aliphatic carbocycles. The number of thioether (sulfide) groups is 1. The lowest BCUT2D eigenvalue weighted by molar-refractivity contribution is 0.244. The highest BCUT2D eigenvalue weighted by molar-refractivity contribution is 7.98. The van der Waals surface area contributed by atoms with Gasteiger partial charge in [0.2, 0.25) is 5.88 Å². The van der Waals surface area contributed by atoms with Crippen LogP contribution in [0.2, 0.25) is 0 Å². The summed E-state index contributed by atoms with van der Waals surface area (Å²) in [6.45, 7) is 4.79. The molecule has 0 spiro atoms. The number of ether oxygens (including phenoxy) is 1. The third-order valence-corrected chi connectivity index (χ3v) is 4.50. The van der Waals surface area contributed by atoms with Gasteiger partial charge in [0.15, 0.2) is 5.16 Å². The molecule has 7 heteroatoms. The van der Waals surface area contributed by atoms with Crippen LogP contribution in [0, 0.1) is 0 Å². The number of nitrogens with zero attached hydrogens (tertiary/aromatic N) is 5. The fraction of sp³-hybridized carbons (Fsp3) is 0.438. The van der Waals surface area contributed by atoms with Gasteiger partial charge in [-0.3, -0.25) is 4.90 Å². The summed E-state index contributed by atoms with van der Waals surface area (Å²) in [5.74, 6) is 1.73. The Labute approximate surface area is 140 Å². The zero-order valence-corrected chi connectivity index (χ0v) is 14.3. The van der Waals surface area contributed by atoms with Crippen LogP contribution in [-0.2, 0) is 6.54 Å². The summed E-state index contributed by atoms with van der Waals surface area (Å²) < 4.78 is 5.34. The average molecular weight is 331 g/mol. The lowest BCUT2D eigenvalue weighted by Crippen LogP contribution is -2.46. The van der Waals surface area contributed by atoms with Crippen molar-refractivity contribution in [3.63, 3.8) is 0 Å². The lowest BCUT2D eigenvalue weighted by atomic mass is 10.2. The summed E-state index contributed by atoms with van der Waals surface area (Å²) in [5, 5.41) is 0.824. The molecule has 2 aromatic heterocycles. The van der Waals surface area contributed by atoms with Gasteiger partial charge in [-0.15, -0.1) is 0 Å². The maximum atomic E-state index is 5.34. The summed E-state index contributed by atoms with van der Waals surface area (Å²) in [5.41, 5.74) is 1.13. The topological polar surface area (TPSA) is 54.4 Å². The average Bonchev–Trinajstić information content (AvgIpc) is 2.63. The summed E-state index contributed by atoms with van der Waals surface area (Å²) >= 11 is 1.57. The Morgan fingerprint density at radius 1 is 1.13 bits per heavy atom. The molecule has 3 heterocycles. The van der Waals surface area contributed by atoms with Crippen LogP contribution in [0.5, 0.6) is 5.88 Å². The minimum absolute atomic E-state index is 0.718. The predicted molar refractivity (Wildman–Crippen MR) is 92.1 cm³/mol. The van der Waals surface area contributed by atoms with Crippen LogP contribution in [0.1, 0.15) is 5.56 Å². The maximum Gasteiger partial charge on any atom is 0.217 e. The van der Waals surface area contributed by atoms with Gasteiger partial charge < -0.3 is 9.64 Å². The monoisotopic (exact) mass is 331 g/mol. The first kappa shape index (κ1) is 16.0. The Bertz CT molecular complexity index is 646. The standard InChI is InChI=1S/C16H21N5OS/c1-22-15-13(4-3-6-17-15)12-20-8-10-21(11-9-20)14-5-7-18-16(19-14)23-2/h3-7H,8-12H2,1-2H3. The Morgan fingerprint density at radius 2 is 1.96 bits per heavy atom. The van der Waals surface area contributed by atoms with E-state index in [-0.39, 0.29) is 0 Å². The van der Waals surface area contributed by atoms with E-state index in [1.54, 1.807) is 25.1 Å². The number of pyridine rings is 1. The molecule has 0 amide bonds. The zero-order valence-electron chi connectivity index (χ0n) is 13.5. The molecular weight excluding hydrogens is 310 g/mol.